The molecule has 1 aliphatic heterocycles. The number of benzene rings is 2. The molecule has 1 N–H and O–H groups in total. The lowest BCUT2D eigenvalue weighted by Crippen LogP contribution is -2.51. The fraction of sp³-hybridized carbons (Fsp3) is 0.440. The molecule has 0 spiro atoms. The van der Waals surface area contributed by atoms with E-state index in [1.54, 1.807) is 13.0 Å². The first-order chi connectivity index (χ1) is 17.0. The molecular weight excluding hydrogens is 489 g/mol. The van der Waals surface area contributed by atoms with Crippen LogP contribution in [0.5, 0.6) is 11.5 Å². The van der Waals surface area contributed by atoms with Crippen molar-refractivity contribution in [3.63, 3.8) is 0 Å². The van der Waals surface area contributed by atoms with Crippen molar-refractivity contribution in [2.75, 3.05) is 29.9 Å². The maximum absolute atomic E-state index is 13.6. The van der Waals surface area contributed by atoms with Crippen LogP contribution in [0.25, 0.3) is 0 Å². The fourth-order valence-corrected chi connectivity index (χ4v) is 4.64. The number of rotatable bonds is 11. The summed E-state index contributed by atoms with van der Waals surface area (Å²) in [6.07, 6.45) is 0. The van der Waals surface area contributed by atoms with Crippen molar-refractivity contribution in [3.8, 4) is 11.5 Å². The molecular formula is C25H32FN3O6S. The predicted octanol–water partition coefficient (Wildman–Crippen LogP) is 2.90. The summed E-state index contributed by atoms with van der Waals surface area (Å²) in [6, 6.07) is 9.30. The lowest BCUT2D eigenvalue weighted by molar-refractivity contribution is -0.139. The number of anilines is 1. The van der Waals surface area contributed by atoms with Crippen molar-refractivity contribution in [1.29, 1.82) is 0 Å². The summed E-state index contributed by atoms with van der Waals surface area (Å²) >= 11 is 0. The van der Waals surface area contributed by atoms with Crippen LogP contribution in [-0.2, 0) is 26.2 Å². The summed E-state index contributed by atoms with van der Waals surface area (Å²) in [4.78, 5) is 27.7. The monoisotopic (exact) mass is 521 g/mol. The van der Waals surface area contributed by atoms with Crippen LogP contribution in [0.2, 0.25) is 0 Å². The van der Waals surface area contributed by atoms with Gasteiger partial charge in [-0.25, -0.2) is 12.8 Å². The predicted molar refractivity (Wildman–Crippen MR) is 134 cm³/mol. The van der Waals surface area contributed by atoms with E-state index in [0.29, 0.717) is 23.6 Å². The minimum absolute atomic E-state index is 0.00344. The Kier molecular flexibility index (Phi) is 8.78. The Balaban J connectivity index is 1.91. The zero-order valence-electron chi connectivity index (χ0n) is 20.9. The number of hydrogen-bond acceptors (Lipinski definition) is 6. The molecule has 2 amide bonds. The Morgan fingerprint density at radius 3 is 2.36 bits per heavy atom. The average Bonchev–Trinajstić information content (AvgIpc) is 3.32. The molecule has 0 bridgehead atoms. The summed E-state index contributed by atoms with van der Waals surface area (Å²) in [5, 5.41) is 2.81. The third-order valence-electron chi connectivity index (χ3n) is 5.74. The van der Waals surface area contributed by atoms with Gasteiger partial charge in [0.15, 0.2) is 11.5 Å². The average molecular weight is 522 g/mol. The van der Waals surface area contributed by atoms with Gasteiger partial charge >= 0.3 is 0 Å². The molecule has 0 unspecified atom stereocenters. The highest BCUT2D eigenvalue weighted by molar-refractivity contribution is 7.92. The Bertz CT molecular complexity index is 1190. The highest BCUT2D eigenvalue weighted by Gasteiger charge is 2.31. The Labute approximate surface area is 211 Å². The van der Waals surface area contributed by atoms with Gasteiger partial charge in [-0.1, -0.05) is 26.0 Å². The molecule has 11 heteroatoms. The van der Waals surface area contributed by atoms with Crippen LogP contribution in [0.3, 0.4) is 0 Å². The van der Waals surface area contributed by atoms with E-state index in [1.807, 2.05) is 13.8 Å². The number of carbonyl (C=O) groups excluding carboxylic acids is 2. The van der Waals surface area contributed by atoms with Gasteiger partial charge in [-0.3, -0.25) is 13.9 Å². The molecule has 36 heavy (non-hydrogen) atoms. The van der Waals surface area contributed by atoms with Gasteiger partial charge < -0.3 is 19.7 Å². The van der Waals surface area contributed by atoms with Gasteiger partial charge in [0.25, 0.3) is 0 Å². The largest absolute Gasteiger partial charge is 0.454 e. The molecule has 196 valence electrons. The van der Waals surface area contributed by atoms with Gasteiger partial charge in [0, 0.05) is 19.2 Å². The standard InChI is InChI=1S/C25H32FN3O6S/c1-5-36(32,33)29(21-10-11-22-23(12-21)35-16-34-22)15-24(30)28(14-19-6-8-20(26)9-7-19)18(4)25(31)27-13-17(2)3/h6-12,17-18H,5,13-16H2,1-4H3,(H,27,31)/t18-/m0/s1. The van der Waals surface area contributed by atoms with Gasteiger partial charge in [0.05, 0.1) is 11.4 Å². The Morgan fingerprint density at radius 2 is 1.72 bits per heavy atom. The highest BCUT2D eigenvalue weighted by Crippen LogP contribution is 2.36. The van der Waals surface area contributed by atoms with Crippen LogP contribution >= 0.6 is 0 Å². The number of carbonyl (C=O) groups is 2. The second-order valence-electron chi connectivity index (χ2n) is 8.91. The first-order valence-corrected chi connectivity index (χ1v) is 13.3. The smallest absolute Gasteiger partial charge is 0.244 e. The third-order valence-corrected chi connectivity index (χ3v) is 7.48. The lowest BCUT2D eigenvalue weighted by atomic mass is 10.1. The van der Waals surface area contributed by atoms with Crippen LogP contribution in [0.4, 0.5) is 10.1 Å². The molecule has 2 aromatic carbocycles. The molecule has 9 nitrogen and oxygen atoms in total. The minimum Gasteiger partial charge on any atom is -0.454 e. The van der Waals surface area contributed by atoms with Crippen LogP contribution < -0.4 is 19.1 Å². The van der Waals surface area contributed by atoms with Gasteiger partial charge in [-0.2, -0.15) is 0 Å². The maximum Gasteiger partial charge on any atom is 0.244 e. The number of nitrogens with one attached hydrogen (secondary N) is 1. The van der Waals surface area contributed by atoms with Crippen LogP contribution in [0, 0.1) is 11.7 Å². The van der Waals surface area contributed by atoms with Crippen molar-refractivity contribution in [2.24, 2.45) is 5.92 Å². The topological polar surface area (TPSA) is 105 Å². The number of fused-ring (bicyclic) bond motifs is 1. The number of hydrogen-bond donors (Lipinski definition) is 1. The van der Waals surface area contributed by atoms with Crippen LogP contribution in [0.1, 0.15) is 33.3 Å². The van der Waals surface area contributed by atoms with E-state index in [-0.39, 0.29) is 36.6 Å². The molecule has 0 aliphatic carbocycles. The van der Waals surface area contributed by atoms with Crippen LogP contribution in [0.15, 0.2) is 42.5 Å². The molecule has 0 radical (unpaired) electrons. The number of halogens is 1. The van der Waals surface area contributed by atoms with Crippen molar-refractivity contribution in [3.05, 3.63) is 53.8 Å². The molecule has 2 aromatic rings. The Hall–Kier alpha value is -3.34. The number of ether oxygens (including phenoxy) is 2. The third kappa shape index (κ3) is 6.66. The summed E-state index contributed by atoms with van der Waals surface area (Å²) in [5.41, 5.74) is 0.842. The van der Waals surface area contributed by atoms with Gasteiger partial charge in [0.1, 0.15) is 18.4 Å². The van der Waals surface area contributed by atoms with E-state index in [0.717, 1.165) is 4.31 Å². The van der Waals surface area contributed by atoms with Gasteiger partial charge in [-0.05, 0) is 49.6 Å². The summed E-state index contributed by atoms with van der Waals surface area (Å²) in [5.74, 6) is -0.556. The Morgan fingerprint density at radius 1 is 1.06 bits per heavy atom. The number of amides is 2. The molecule has 0 saturated heterocycles. The molecule has 0 aromatic heterocycles. The van der Waals surface area contributed by atoms with Crippen LogP contribution in [-0.4, -0.2) is 56.8 Å². The molecule has 1 atom stereocenters. The van der Waals surface area contributed by atoms with Gasteiger partial charge in [0.2, 0.25) is 28.6 Å². The molecule has 1 aliphatic rings. The van der Waals surface area contributed by atoms with E-state index < -0.39 is 34.3 Å². The minimum atomic E-state index is -3.87. The zero-order chi connectivity index (χ0) is 26.5. The molecule has 3 rings (SSSR count). The second kappa shape index (κ2) is 11.6. The molecule has 0 saturated carbocycles. The lowest BCUT2D eigenvalue weighted by Gasteiger charge is -2.32. The fourth-order valence-electron chi connectivity index (χ4n) is 3.58. The maximum atomic E-state index is 13.6. The summed E-state index contributed by atoms with van der Waals surface area (Å²) < 4.78 is 51.1. The van der Waals surface area contributed by atoms with Crippen molar-refractivity contribution in [1.82, 2.24) is 10.2 Å². The van der Waals surface area contributed by atoms with E-state index in [2.05, 4.69) is 5.32 Å². The first kappa shape index (κ1) is 27.3. The normalized spacial score (nSPS) is 13.4. The van der Waals surface area contributed by atoms with E-state index >= 15 is 0 Å². The SMILES string of the molecule is CCS(=O)(=O)N(CC(=O)N(Cc1ccc(F)cc1)[C@@H](C)C(=O)NCC(C)C)c1ccc2c(c1)OCO2. The van der Waals surface area contributed by atoms with Gasteiger partial charge in [-0.15, -0.1) is 0 Å². The quantitative estimate of drug-likeness (QED) is 0.488. The summed E-state index contributed by atoms with van der Waals surface area (Å²) in [7, 11) is -3.87. The number of nitrogens with zero attached hydrogens (tertiary/aromatic N) is 2. The second-order valence-corrected chi connectivity index (χ2v) is 11.1. The van der Waals surface area contributed by atoms with Crippen molar-refractivity contribution < 1.29 is 31.9 Å². The first-order valence-electron chi connectivity index (χ1n) is 11.7. The van der Waals surface area contributed by atoms with Crippen molar-refractivity contribution >= 4 is 27.5 Å². The van der Waals surface area contributed by atoms with E-state index in [1.165, 1.54) is 48.2 Å². The summed E-state index contributed by atoms with van der Waals surface area (Å²) in [6.45, 7) is 6.88. The number of sulfonamides is 1. The molecule has 0 fully saturated rings. The zero-order valence-corrected chi connectivity index (χ0v) is 21.7. The molecule has 1 heterocycles. The highest BCUT2D eigenvalue weighted by atomic mass is 32.2. The van der Waals surface area contributed by atoms with E-state index in [9.17, 15) is 22.4 Å². The van der Waals surface area contributed by atoms with Crippen molar-refractivity contribution in [2.45, 2.75) is 40.3 Å². The van der Waals surface area contributed by atoms with E-state index in [4.69, 9.17) is 9.47 Å².